The van der Waals surface area contributed by atoms with Gasteiger partial charge in [0.05, 0.1) is 29.7 Å². The lowest BCUT2D eigenvalue weighted by molar-refractivity contribution is -0.139. The number of allylic oxidation sites excluding steroid dienone is 2. The number of morpholine rings is 1. The van der Waals surface area contributed by atoms with Gasteiger partial charge in [0, 0.05) is 18.7 Å². The number of carbonyl (C=O) groups is 3. The fourth-order valence-corrected chi connectivity index (χ4v) is 4.29. The first-order chi connectivity index (χ1) is 13.4. The first-order valence-electron chi connectivity index (χ1n) is 9.78. The first-order valence-corrected chi connectivity index (χ1v) is 9.78. The zero-order chi connectivity index (χ0) is 19.8. The minimum absolute atomic E-state index is 0.0184. The van der Waals surface area contributed by atoms with Gasteiger partial charge in [0.1, 0.15) is 0 Å². The number of fused-ring (bicyclic) bond motifs is 1. The zero-order valence-corrected chi connectivity index (χ0v) is 16.1. The van der Waals surface area contributed by atoms with Crippen molar-refractivity contribution in [2.75, 3.05) is 18.1 Å². The van der Waals surface area contributed by atoms with E-state index in [0.717, 1.165) is 0 Å². The number of benzene rings is 1. The van der Waals surface area contributed by atoms with Crippen LogP contribution in [0.3, 0.4) is 0 Å². The minimum Gasteiger partial charge on any atom is -0.372 e. The van der Waals surface area contributed by atoms with Crippen LogP contribution in [0.2, 0.25) is 0 Å². The molecule has 4 unspecified atom stereocenters. The molecule has 148 valence electrons. The maximum atomic E-state index is 13.0. The van der Waals surface area contributed by atoms with Crippen LogP contribution in [0.4, 0.5) is 5.69 Å². The van der Waals surface area contributed by atoms with E-state index in [-0.39, 0.29) is 41.8 Å². The van der Waals surface area contributed by atoms with Crippen LogP contribution in [0.1, 0.15) is 37.0 Å². The van der Waals surface area contributed by atoms with Crippen molar-refractivity contribution in [1.82, 2.24) is 10.3 Å². The van der Waals surface area contributed by atoms with Gasteiger partial charge in [-0.2, -0.15) is 0 Å². The van der Waals surface area contributed by atoms with Crippen molar-refractivity contribution in [3.8, 4) is 0 Å². The molecule has 1 N–H and O–H groups in total. The van der Waals surface area contributed by atoms with E-state index in [2.05, 4.69) is 5.43 Å². The molecule has 1 aliphatic carbocycles. The molecule has 3 amide bonds. The minimum atomic E-state index is -0.348. The van der Waals surface area contributed by atoms with Crippen molar-refractivity contribution in [2.45, 2.75) is 38.9 Å². The van der Waals surface area contributed by atoms with Crippen LogP contribution in [-0.4, -0.2) is 47.9 Å². The van der Waals surface area contributed by atoms with Crippen molar-refractivity contribution in [3.05, 3.63) is 42.0 Å². The molecule has 28 heavy (non-hydrogen) atoms. The maximum absolute atomic E-state index is 13.0. The predicted octanol–water partition coefficient (Wildman–Crippen LogP) is 1.90. The normalized spacial score (nSPS) is 30.1. The van der Waals surface area contributed by atoms with Gasteiger partial charge in [0.2, 0.25) is 11.8 Å². The Morgan fingerprint density at radius 2 is 1.75 bits per heavy atom. The Balaban J connectivity index is 1.57. The molecule has 2 saturated heterocycles. The molecule has 0 spiro atoms. The second-order valence-corrected chi connectivity index (χ2v) is 7.82. The number of anilines is 1. The third kappa shape index (κ3) is 3.42. The summed E-state index contributed by atoms with van der Waals surface area (Å²) in [6.07, 6.45) is 5.02. The number of nitrogens with zero attached hydrogens (tertiary/aromatic N) is 2. The number of rotatable bonds is 2. The van der Waals surface area contributed by atoms with Gasteiger partial charge < -0.3 is 9.64 Å². The lowest BCUT2D eigenvalue weighted by atomic mass is 9.80. The Hall–Kier alpha value is -2.67. The topological polar surface area (TPSA) is 79.0 Å². The molecule has 0 radical (unpaired) electrons. The highest BCUT2D eigenvalue weighted by molar-refractivity contribution is 6.05. The Morgan fingerprint density at radius 3 is 2.46 bits per heavy atom. The molecule has 1 aromatic rings. The van der Waals surface area contributed by atoms with Gasteiger partial charge in [-0.3, -0.25) is 19.8 Å². The number of nitrogens with one attached hydrogen (secondary N) is 1. The van der Waals surface area contributed by atoms with Crippen molar-refractivity contribution in [1.29, 1.82) is 0 Å². The largest absolute Gasteiger partial charge is 0.372 e. The van der Waals surface area contributed by atoms with Gasteiger partial charge >= 0.3 is 0 Å². The monoisotopic (exact) mass is 383 g/mol. The van der Waals surface area contributed by atoms with E-state index in [1.54, 1.807) is 29.2 Å². The van der Waals surface area contributed by atoms with Gasteiger partial charge in [-0.25, -0.2) is 5.01 Å². The fraction of sp³-hybridized carbons (Fsp3) is 0.476. The van der Waals surface area contributed by atoms with Gasteiger partial charge in [-0.1, -0.05) is 18.2 Å². The number of hydrogen-bond acceptors (Lipinski definition) is 4. The summed E-state index contributed by atoms with van der Waals surface area (Å²) in [6, 6.07) is 6.88. The first kappa shape index (κ1) is 18.7. The molecule has 2 fully saturated rings. The highest BCUT2D eigenvalue weighted by Crippen LogP contribution is 2.32. The quantitative estimate of drug-likeness (QED) is 0.791. The smallest absolute Gasteiger partial charge is 0.254 e. The van der Waals surface area contributed by atoms with E-state index < -0.39 is 0 Å². The van der Waals surface area contributed by atoms with Crippen molar-refractivity contribution >= 4 is 23.4 Å². The van der Waals surface area contributed by atoms with E-state index in [0.29, 0.717) is 37.2 Å². The number of amides is 3. The Morgan fingerprint density at radius 1 is 1.07 bits per heavy atom. The molecule has 7 heteroatoms. The molecule has 0 saturated carbocycles. The average Bonchev–Trinajstić information content (AvgIpc) is 2.69. The zero-order valence-electron chi connectivity index (χ0n) is 16.1. The third-order valence-corrected chi connectivity index (χ3v) is 5.59. The van der Waals surface area contributed by atoms with Crippen LogP contribution in [0, 0.1) is 11.8 Å². The summed E-state index contributed by atoms with van der Waals surface area (Å²) < 4.78 is 5.70. The van der Waals surface area contributed by atoms with Crippen molar-refractivity contribution in [2.24, 2.45) is 11.8 Å². The summed E-state index contributed by atoms with van der Waals surface area (Å²) >= 11 is 0. The van der Waals surface area contributed by atoms with Crippen LogP contribution in [0.15, 0.2) is 36.4 Å². The molecule has 7 nitrogen and oxygen atoms in total. The summed E-state index contributed by atoms with van der Waals surface area (Å²) in [7, 11) is 0. The van der Waals surface area contributed by atoms with E-state index >= 15 is 0 Å². The van der Waals surface area contributed by atoms with E-state index in [1.165, 1.54) is 5.01 Å². The van der Waals surface area contributed by atoms with Crippen molar-refractivity contribution in [3.63, 3.8) is 0 Å². The molecule has 3 aliphatic rings. The molecule has 2 heterocycles. The summed E-state index contributed by atoms with van der Waals surface area (Å²) in [6.45, 7) is 4.96. The Labute approximate surface area is 164 Å². The van der Waals surface area contributed by atoms with E-state index in [4.69, 9.17) is 4.74 Å². The lowest BCUT2D eigenvalue weighted by Gasteiger charge is -2.38. The highest BCUT2D eigenvalue weighted by atomic mass is 16.5. The van der Waals surface area contributed by atoms with Crippen LogP contribution in [-0.2, 0) is 14.3 Å². The standard InChI is InChI=1S/C21H25N3O4/c1-13-11-23(12-14(2)28-13)20(26)15-6-5-7-16(10-15)24-21(27)18-9-4-3-8-17(18)19(25)22-24/h3-7,10,13-14,17-18H,8-9,11-12H2,1-2H3,(H,22,25). The predicted molar refractivity (Wildman–Crippen MR) is 103 cm³/mol. The van der Waals surface area contributed by atoms with Crippen LogP contribution >= 0.6 is 0 Å². The van der Waals surface area contributed by atoms with Crippen LogP contribution in [0.5, 0.6) is 0 Å². The average molecular weight is 383 g/mol. The number of hydrogen-bond donors (Lipinski definition) is 1. The maximum Gasteiger partial charge on any atom is 0.254 e. The molecular weight excluding hydrogens is 358 g/mol. The number of hydrazine groups is 1. The molecule has 0 bridgehead atoms. The van der Waals surface area contributed by atoms with Crippen LogP contribution in [0.25, 0.3) is 0 Å². The molecular formula is C21H25N3O4. The Bertz CT molecular complexity index is 827. The second kappa shape index (κ2) is 7.39. The molecule has 1 aromatic carbocycles. The molecule has 0 aromatic heterocycles. The van der Waals surface area contributed by atoms with Crippen molar-refractivity contribution < 1.29 is 19.1 Å². The summed E-state index contributed by atoms with van der Waals surface area (Å²) in [4.78, 5) is 40.2. The Kier molecular flexibility index (Phi) is 4.93. The lowest BCUT2D eigenvalue weighted by Crippen LogP contribution is -2.59. The van der Waals surface area contributed by atoms with Gasteiger partial charge in [0.25, 0.3) is 5.91 Å². The molecule has 4 atom stereocenters. The van der Waals surface area contributed by atoms with E-state index in [9.17, 15) is 14.4 Å². The molecule has 2 aliphatic heterocycles. The molecule has 4 rings (SSSR count). The number of ether oxygens (including phenoxy) is 1. The van der Waals surface area contributed by atoms with Gasteiger partial charge in [0.15, 0.2) is 0 Å². The summed E-state index contributed by atoms with van der Waals surface area (Å²) in [5.74, 6) is -1.04. The summed E-state index contributed by atoms with van der Waals surface area (Å²) in [5.41, 5.74) is 3.71. The SMILES string of the molecule is CC1CN(C(=O)c2cccc(N3NC(=O)C4CC=CCC4C3=O)c2)CC(C)O1. The number of carbonyl (C=O) groups excluding carboxylic acids is 3. The second-order valence-electron chi connectivity index (χ2n) is 7.82. The highest BCUT2D eigenvalue weighted by Gasteiger charge is 2.42. The van der Waals surface area contributed by atoms with Gasteiger partial charge in [-0.15, -0.1) is 0 Å². The fourth-order valence-electron chi connectivity index (χ4n) is 4.29. The third-order valence-electron chi connectivity index (χ3n) is 5.59. The summed E-state index contributed by atoms with van der Waals surface area (Å²) in [5, 5.41) is 1.30. The van der Waals surface area contributed by atoms with E-state index in [1.807, 2.05) is 26.0 Å². The van der Waals surface area contributed by atoms with Gasteiger partial charge in [-0.05, 0) is 44.9 Å². The van der Waals surface area contributed by atoms with Crippen LogP contribution < -0.4 is 10.4 Å².